The number of benzene rings is 1. The fourth-order valence-corrected chi connectivity index (χ4v) is 3.88. The van der Waals surface area contributed by atoms with E-state index in [1.165, 1.54) is 6.20 Å². The molecule has 6 nitrogen and oxygen atoms in total. The first-order chi connectivity index (χ1) is 14.0. The third kappa shape index (κ3) is 3.69. The van der Waals surface area contributed by atoms with Crippen LogP contribution in [0.3, 0.4) is 0 Å². The molecule has 2 aromatic rings. The number of Topliss-reactive ketones (excluding diaryl/α,β-unsaturated/α-hetero) is 1. The molecule has 1 aromatic carbocycles. The maximum atomic E-state index is 13.1. The zero-order valence-electron chi connectivity index (χ0n) is 16.1. The van der Waals surface area contributed by atoms with Crippen molar-refractivity contribution in [3.05, 3.63) is 90.1 Å². The molecule has 146 valence electrons. The molecule has 0 spiro atoms. The molecule has 2 aliphatic rings. The van der Waals surface area contributed by atoms with Crippen molar-refractivity contribution >= 4 is 23.1 Å². The SMILES string of the molecule is CC1C(C(=O)C(=O)Nc2cccnc2)=C2C=CC=CN2C1Cc1ccc(N)cc1. The number of carbonyl (C=O) groups excluding carboxylic acids is 2. The molecule has 3 heterocycles. The van der Waals surface area contributed by atoms with Crippen LogP contribution in [0.5, 0.6) is 0 Å². The fourth-order valence-electron chi connectivity index (χ4n) is 3.88. The van der Waals surface area contributed by atoms with Crippen LogP contribution in [0, 0.1) is 5.92 Å². The van der Waals surface area contributed by atoms with Crippen molar-refractivity contribution in [2.45, 2.75) is 19.4 Å². The number of carbonyl (C=O) groups is 2. The molecule has 1 aromatic heterocycles. The van der Waals surface area contributed by atoms with E-state index in [9.17, 15) is 9.59 Å². The summed E-state index contributed by atoms with van der Waals surface area (Å²) < 4.78 is 0. The highest BCUT2D eigenvalue weighted by molar-refractivity contribution is 6.46. The smallest absolute Gasteiger partial charge is 0.296 e. The van der Waals surface area contributed by atoms with Crippen LogP contribution >= 0.6 is 0 Å². The Balaban J connectivity index is 1.59. The van der Waals surface area contributed by atoms with E-state index >= 15 is 0 Å². The summed E-state index contributed by atoms with van der Waals surface area (Å²) in [5, 5.41) is 2.65. The average molecular weight is 386 g/mol. The number of nitrogen functional groups attached to an aromatic ring is 1. The first-order valence-electron chi connectivity index (χ1n) is 9.52. The number of aromatic nitrogens is 1. The van der Waals surface area contributed by atoms with Gasteiger partial charge in [0.2, 0.25) is 5.78 Å². The quantitative estimate of drug-likeness (QED) is 0.609. The lowest BCUT2D eigenvalue weighted by molar-refractivity contribution is -0.132. The molecule has 0 bridgehead atoms. The van der Waals surface area contributed by atoms with Crippen molar-refractivity contribution in [3.63, 3.8) is 0 Å². The van der Waals surface area contributed by atoms with Gasteiger partial charge in [0.15, 0.2) is 0 Å². The molecular formula is C23H22N4O2. The van der Waals surface area contributed by atoms with Crippen LogP contribution in [0.4, 0.5) is 11.4 Å². The van der Waals surface area contributed by atoms with Gasteiger partial charge >= 0.3 is 0 Å². The molecule has 0 saturated carbocycles. The first kappa shape index (κ1) is 18.7. The van der Waals surface area contributed by atoms with Crippen LogP contribution in [0.1, 0.15) is 12.5 Å². The van der Waals surface area contributed by atoms with E-state index < -0.39 is 11.7 Å². The number of nitrogens with one attached hydrogen (secondary N) is 1. The van der Waals surface area contributed by atoms with E-state index in [4.69, 9.17) is 5.73 Å². The third-order valence-corrected chi connectivity index (χ3v) is 5.35. The van der Waals surface area contributed by atoms with Crippen molar-refractivity contribution in [2.75, 3.05) is 11.1 Å². The van der Waals surface area contributed by atoms with Crippen LogP contribution in [0.15, 0.2) is 84.5 Å². The fraction of sp³-hybridized carbons (Fsp3) is 0.174. The van der Waals surface area contributed by atoms with Crippen molar-refractivity contribution in [2.24, 2.45) is 5.92 Å². The minimum absolute atomic E-state index is 0.0416. The minimum atomic E-state index is -0.650. The third-order valence-electron chi connectivity index (χ3n) is 5.35. The van der Waals surface area contributed by atoms with Crippen molar-refractivity contribution < 1.29 is 9.59 Å². The summed E-state index contributed by atoms with van der Waals surface area (Å²) in [6.07, 6.45) is 11.5. The van der Waals surface area contributed by atoms with Crippen LogP contribution in [0.2, 0.25) is 0 Å². The molecule has 2 aliphatic heterocycles. The molecule has 0 radical (unpaired) electrons. The number of nitrogens with zero attached hydrogens (tertiary/aromatic N) is 2. The van der Waals surface area contributed by atoms with Gasteiger partial charge in [0.25, 0.3) is 5.91 Å². The number of allylic oxidation sites excluding steroid dienone is 3. The van der Waals surface area contributed by atoms with Gasteiger partial charge < -0.3 is 16.0 Å². The van der Waals surface area contributed by atoms with E-state index in [0.29, 0.717) is 11.3 Å². The van der Waals surface area contributed by atoms with E-state index in [-0.39, 0.29) is 12.0 Å². The maximum absolute atomic E-state index is 13.1. The first-order valence-corrected chi connectivity index (χ1v) is 9.52. The van der Waals surface area contributed by atoms with Gasteiger partial charge in [-0.3, -0.25) is 14.6 Å². The number of fused-ring (bicyclic) bond motifs is 1. The van der Waals surface area contributed by atoms with Crippen molar-refractivity contribution in [3.8, 4) is 0 Å². The Hall–Kier alpha value is -3.67. The Bertz CT molecular complexity index is 1020. The van der Waals surface area contributed by atoms with Crippen LogP contribution in [-0.4, -0.2) is 27.6 Å². The lowest BCUT2D eigenvalue weighted by Crippen LogP contribution is -2.33. The number of hydrogen-bond donors (Lipinski definition) is 2. The van der Waals surface area contributed by atoms with Gasteiger partial charge in [-0.05, 0) is 48.4 Å². The second-order valence-electron chi connectivity index (χ2n) is 7.23. The number of amides is 1. The van der Waals surface area contributed by atoms with Gasteiger partial charge in [-0.1, -0.05) is 25.1 Å². The summed E-state index contributed by atoms with van der Waals surface area (Å²) in [4.78, 5) is 31.7. The molecule has 0 aliphatic carbocycles. The topological polar surface area (TPSA) is 88.3 Å². The largest absolute Gasteiger partial charge is 0.399 e. The molecule has 1 amide bonds. The Kier molecular flexibility index (Phi) is 4.99. The summed E-state index contributed by atoms with van der Waals surface area (Å²) in [5.74, 6) is -1.27. The zero-order chi connectivity index (χ0) is 20.4. The number of ketones is 1. The Morgan fingerprint density at radius 3 is 2.69 bits per heavy atom. The average Bonchev–Trinajstić information content (AvgIpc) is 3.01. The Morgan fingerprint density at radius 1 is 1.17 bits per heavy atom. The van der Waals surface area contributed by atoms with E-state index in [0.717, 1.165) is 23.4 Å². The summed E-state index contributed by atoms with van der Waals surface area (Å²) in [7, 11) is 0. The van der Waals surface area contributed by atoms with Gasteiger partial charge in [0.05, 0.1) is 11.9 Å². The molecule has 0 saturated heterocycles. The molecule has 29 heavy (non-hydrogen) atoms. The zero-order valence-corrected chi connectivity index (χ0v) is 16.1. The van der Waals surface area contributed by atoms with Crippen LogP contribution < -0.4 is 11.1 Å². The van der Waals surface area contributed by atoms with Gasteiger partial charge in [-0.2, -0.15) is 0 Å². The summed E-state index contributed by atoms with van der Waals surface area (Å²) in [6, 6.07) is 11.2. The highest BCUT2D eigenvalue weighted by Gasteiger charge is 2.41. The molecule has 3 N–H and O–H groups in total. The summed E-state index contributed by atoms with van der Waals surface area (Å²) in [6.45, 7) is 2.00. The molecular weight excluding hydrogens is 364 g/mol. The summed E-state index contributed by atoms with van der Waals surface area (Å²) >= 11 is 0. The van der Waals surface area contributed by atoms with E-state index in [1.54, 1.807) is 18.3 Å². The molecule has 6 heteroatoms. The molecule has 2 unspecified atom stereocenters. The normalized spacial score (nSPS) is 20.0. The van der Waals surface area contributed by atoms with Crippen molar-refractivity contribution in [1.82, 2.24) is 9.88 Å². The number of pyridine rings is 1. The Morgan fingerprint density at radius 2 is 1.97 bits per heavy atom. The number of anilines is 2. The van der Waals surface area contributed by atoms with Gasteiger partial charge in [-0.25, -0.2) is 0 Å². The lowest BCUT2D eigenvalue weighted by atomic mass is 9.89. The summed E-state index contributed by atoms with van der Waals surface area (Å²) in [5.41, 5.74) is 9.46. The molecule has 2 atom stereocenters. The minimum Gasteiger partial charge on any atom is -0.399 e. The predicted octanol–water partition coefficient (Wildman–Crippen LogP) is 3.07. The number of rotatable bonds is 5. The van der Waals surface area contributed by atoms with E-state index in [1.807, 2.05) is 55.6 Å². The number of nitrogens with two attached hydrogens (primary N) is 1. The predicted molar refractivity (Wildman–Crippen MR) is 113 cm³/mol. The molecule has 4 rings (SSSR count). The highest BCUT2D eigenvalue weighted by Crippen LogP contribution is 2.38. The maximum Gasteiger partial charge on any atom is 0.296 e. The molecule has 0 fully saturated rings. The standard InChI is InChI=1S/C23H22N4O2/c1-15-20(13-16-7-9-17(24)10-8-16)27-12-3-2-6-19(27)21(15)22(28)23(29)26-18-5-4-11-25-14-18/h2-12,14-15,20H,13,24H2,1H3,(H,26,29). The van der Waals surface area contributed by atoms with Gasteiger partial charge in [-0.15, -0.1) is 0 Å². The van der Waals surface area contributed by atoms with Crippen molar-refractivity contribution in [1.29, 1.82) is 0 Å². The highest BCUT2D eigenvalue weighted by atomic mass is 16.2. The Labute approximate surface area is 169 Å². The van der Waals surface area contributed by atoms with E-state index in [2.05, 4.69) is 15.2 Å². The monoisotopic (exact) mass is 386 g/mol. The lowest BCUT2D eigenvalue weighted by Gasteiger charge is -2.29. The number of hydrogen-bond acceptors (Lipinski definition) is 5. The van der Waals surface area contributed by atoms with Gasteiger partial charge in [0.1, 0.15) is 0 Å². The van der Waals surface area contributed by atoms with Crippen LogP contribution in [0.25, 0.3) is 0 Å². The second kappa shape index (κ2) is 7.75. The second-order valence-corrected chi connectivity index (χ2v) is 7.23. The van der Waals surface area contributed by atoms with Crippen LogP contribution in [-0.2, 0) is 16.0 Å². The van der Waals surface area contributed by atoms with Gasteiger partial charge in [0, 0.05) is 41.3 Å².